The van der Waals surface area contributed by atoms with Crippen LogP contribution in [0.4, 0.5) is 0 Å². The maximum Gasteiger partial charge on any atom is 0.339 e. The van der Waals surface area contributed by atoms with E-state index in [1.165, 1.54) is 39.8 Å². The van der Waals surface area contributed by atoms with Gasteiger partial charge in [-0.2, -0.15) is 0 Å². The van der Waals surface area contributed by atoms with Crippen LogP contribution >= 0.6 is 0 Å². The second-order valence-corrected chi connectivity index (χ2v) is 21.6. The molecule has 5 aliphatic carbocycles. The van der Waals surface area contributed by atoms with E-state index in [9.17, 15) is 4.79 Å². The lowest BCUT2D eigenvalue weighted by molar-refractivity contribution is -0.275. The summed E-state index contributed by atoms with van der Waals surface area (Å²) < 4.78 is 14.3. The quantitative estimate of drug-likeness (QED) is 0.301. The summed E-state index contributed by atoms with van der Waals surface area (Å²) in [6.45, 7) is 8.74. The van der Waals surface area contributed by atoms with Crippen molar-refractivity contribution in [3.63, 3.8) is 0 Å². The Morgan fingerprint density at radius 3 is 2.79 bits per heavy atom. The Morgan fingerprint density at radius 2 is 1.90 bits per heavy atom. The van der Waals surface area contributed by atoms with E-state index in [1.54, 1.807) is 5.70 Å². The van der Waals surface area contributed by atoms with Gasteiger partial charge in [0.2, 0.25) is 0 Å². The molecule has 7 nitrogen and oxygen atoms in total. The molecule has 9 aliphatic heterocycles. The van der Waals surface area contributed by atoms with Gasteiger partial charge < -0.3 is 20.1 Å². The molecule has 2 aromatic carbocycles. The summed E-state index contributed by atoms with van der Waals surface area (Å²) in [6, 6.07) is 16.6. The Morgan fingerprint density at radius 1 is 1.02 bits per heavy atom. The zero-order chi connectivity index (χ0) is 41.7. The molecule has 0 aromatic heterocycles. The lowest BCUT2D eigenvalue weighted by Gasteiger charge is -2.71. The van der Waals surface area contributed by atoms with Crippen LogP contribution in [0.1, 0.15) is 117 Å². The molecule has 2 N–H and O–H groups in total. The van der Waals surface area contributed by atoms with Crippen LogP contribution in [-0.4, -0.2) is 60.0 Å². The minimum atomic E-state index is -1.00. The smallest absolute Gasteiger partial charge is 0.339 e. The number of benzene rings is 2. The van der Waals surface area contributed by atoms with Crippen LogP contribution in [0.2, 0.25) is 0 Å². The number of allylic oxidation sites excluding steroid dienone is 5. The number of aryl methyl sites for hydroxylation is 2. The van der Waals surface area contributed by atoms with Crippen molar-refractivity contribution in [1.29, 1.82) is 0 Å². The molecule has 16 rings (SSSR count). The van der Waals surface area contributed by atoms with Crippen molar-refractivity contribution in [1.82, 2.24) is 9.80 Å². The van der Waals surface area contributed by atoms with E-state index in [4.69, 9.17) is 15.2 Å². The summed E-state index contributed by atoms with van der Waals surface area (Å²) in [7, 11) is 0. The SMILES string of the molecule is CCCC1CC=C2OC(=O)C34C5=C6CCC23C2(OC(=O)c3c(CCCN)cccc32)C4CCCCc2cccc(c2)CC(=C5)C2C(C)CC3=C(C62)N2CC4CC(CN1C4)C2C=C3. The van der Waals surface area contributed by atoms with Gasteiger partial charge in [-0.25, -0.2) is 4.79 Å². The fraction of sp³-hybridized carbons (Fsp3) is 0.564. The summed E-state index contributed by atoms with van der Waals surface area (Å²) in [6.07, 6.45) is 23.3. The molecule has 62 heavy (non-hydrogen) atoms. The molecule has 2 aromatic rings. The minimum Gasteiger partial charge on any atom is -0.449 e. The van der Waals surface area contributed by atoms with E-state index in [1.807, 2.05) is 0 Å². The van der Waals surface area contributed by atoms with Crippen molar-refractivity contribution in [2.24, 2.45) is 52.1 Å². The number of carbonyl (C=O) groups is 2. The normalized spacial score (nSPS) is 40.3. The fourth-order valence-electron chi connectivity index (χ4n) is 16.9. The third-order valence-corrected chi connectivity index (χ3v) is 18.8. The first-order valence-corrected chi connectivity index (χ1v) is 24.7. The van der Waals surface area contributed by atoms with Gasteiger partial charge in [-0.1, -0.05) is 98.5 Å². The third kappa shape index (κ3) is 4.70. The molecule has 4 fully saturated rings. The van der Waals surface area contributed by atoms with Gasteiger partial charge in [-0.05, 0) is 141 Å². The number of nitrogens with two attached hydrogens (primary N) is 1. The first-order chi connectivity index (χ1) is 30.3. The van der Waals surface area contributed by atoms with E-state index >= 15 is 4.79 Å². The molecule has 0 radical (unpaired) electrons. The zero-order valence-electron chi connectivity index (χ0n) is 36.8. The topological polar surface area (TPSA) is 85.1 Å². The van der Waals surface area contributed by atoms with Crippen LogP contribution in [0, 0.1) is 46.3 Å². The molecule has 15 bridgehead atoms. The summed E-state index contributed by atoms with van der Waals surface area (Å²) in [4.78, 5) is 36.6. The Hall–Kier alpha value is -4.20. The van der Waals surface area contributed by atoms with Crippen molar-refractivity contribution >= 4 is 11.9 Å². The molecule has 12 atom stereocenters. The van der Waals surface area contributed by atoms with Crippen LogP contribution < -0.4 is 5.73 Å². The average molecular weight is 830 g/mol. The lowest BCUT2D eigenvalue weighted by atomic mass is 9.29. The van der Waals surface area contributed by atoms with Gasteiger partial charge in [0.25, 0.3) is 0 Å². The van der Waals surface area contributed by atoms with Gasteiger partial charge in [-0.3, -0.25) is 9.69 Å². The minimum absolute atomic E-state index is 0.0968. The number of esters is 2. The molecule has 9 heterocycles. The van der Waals surface area contributed by atoms with Gasteiger partial charge >= 0.3 is 11.9 Å². The largest absolute Gasteiger partial charge is 0.449 e. The highest BCUT2D eigenvalue weighted by Gasteiger charge is 2.92. The first-order valence-electron chi connectivity index (χ1n) is 24.7. The van der Waals surface area contributed by atoms with E-state index in [2.05, 4.69) is 90.4 Å². The van der Waals surface area contributed by atoms with Gasteiger partial charge in [0.1, 0.15) is 11.2 Å². The lowest BCUT2D eigenvalue weighted by Crippen LogP contribution is -2.77. The number of ether oxygens (including phenoxy) is 2. The Balaban J connectivity index is 1.11. The van der Waals surface area contributed by atoms with Crippen molar-refractivity contribution in [3.8, 4) is 0 Å². The summed E-state index contributed by atoms with van der Waals surface area (Å²) >= 11 is 0. The van der Waals surface area contributed by atoms with Crippen LogP contribution in [0.5, 0.6) is 0 Å². The number of nitrogens with zero attached hydrogens (tertiary/aromatic N) is 2. The Labute approximate surface area is 367 Å². The molecule has 3 spiro atoms. The molecular formula is C55H63N3O4. The standard InChI is InChI=1S/C55H63N3O4/c1-3-9-40-18-20-46-53-22-21-41-43-28-38(47-32(2)24-37-17-19-44-39-27-35(29-57(40)31-39)30-58(44)50(37)49(41)47)26-34-12-6-11-33(25-34)10-4-5-16-45(54(43,53)52(60)61-46)55(53)42-15-7-13-36(14-8-23-56)48(42)51(59)62-55/h6-7,11-13,15,17,19-20,25,28,32,35,39-40,44-45,47,49H,3-5,8-10,14,16,18,21-24,26-27,29-31,56H2,1-2H3. The summed E-state index contributed by atoms with van der Waals surface area (Å²) in [5.74, 6) is 2.47. The van der Waals surface area contributed by atoms with E-state index in [0.29, 0.717) is 42.3 Å². The van der Waals surface area contributed by atoms with Crippen molar-refractivity contribution in [2.45, 2.75) is 121 Å². The molecular weight excluding hydrogens is 767 g/mol. The van der Waals surface area contributed by atoms with Gasteiger partial charge in [0.15, 0.2) is 5.60 Å². The Bertz CT molecular complexity index is 2470. The van der Waals surface area contributed by atoms with Crippen molar-refractivity contribution in [2.75, 3.05) is 26.2 Å². The first kappa shape index (κ1) is 38.3. The summed E-state index contributed by atoms with van der Waals surface area (Å²) in [5, 5.41) is 0. The fourth-order valence-corrected chi connectivity index (χ4v) is 16.9. The number of rotatable bonds is 5. The molecule has 1 saturated carbocycles. The molecule has 12 unspecified atom stereocenters. The zero-order valence-corrected chi connectivity index (χ0v) is 36.8. The highest BCUT2D eigenvalue weighted by Crippen LogP contribution is 2.87. The predicted molar refractivity (Wildman–Crippen MR) is 239 cm³/mol. The van der Waals surface area contributed by atoms with Crippen LogP contribution in [0.3, 0.4) is 0 Å². The Kier molecular flexibility index (Phi) is 8.43. The molecule has 3 saturated heterocycles. The highest BCUT2D eigenvalue weighted by atomic mass is 16.6. The van der Waals surface area contributed by atoms with Gasteiger partial charge in [0, 0.05) is 48.8 Å². The number of carbonyl (C=O) groups excluding carboxylic acids is 2. The molecule has 14 aliphatic rings. The monoisotopic (exact) mass is 829 g/mol. The number of hydrogen-bond donors (Lipinski definition) is 1. The average Bonchev–Trinajstić information content (AvgIpc) is 3.71. The predicted octanol–water partition coefficient (Wildman–Crippen LogP) is 9.28. The highest BCUT2D eigenvalue weighted by molar-refractivity contribution is 6.00. The van der Waals surface area contributed by atoms with Gasteiger partial charge in [-0.15, -0.1) is 0 Å². The van der Waals surface area contributed by atoms with E-state index in [0.717, 1.165) is 126 Å². The van der Waals surface area contributed by atoms with Crippen molar-refractivity contribution in [3.05, 3.63) is 128 Å². The second-order valence-electron chi connectivity index (χ2n) is 21.6. The third-order valence-electron chi connectivity index (χ3n) is 18.8. The summed E-state index contributed by atoms with van der Waals surface area (Å²) in [5.41, 5.74) is 16.1. The van der Waals surface area contributed by atoms with E-state index in [-0.39, 0.29) is 23.8 Å². The molecule has 0 amide bonds. The number of piperidine rings is 2. The van der Waals surface area contributed by atoms with Crippen LogP contribution in [0.25, 0.3) is 0 Å². The van der Waals surface area contributed by atoms with Crippen LogP contribution in [0.15, 0.2) is 101 Å². The van der Waals surface area contributed by atoms with E-state index < -0.39 is 16.4 Å². The molecule has 322 valence electrons. The number of hydrogen-bond acceptors (Lipinski definition) is 7. The molecule has 7 heteroatoms. The number of fused-ring (bicyclic) bond motifs is 6. The van der Waals surface area contributed by atoms with Crippen molar-refractivity contribution < 1.29 is 19.1 Å². The van der Waals surface area contributed by atoms with Crippen LogP contribution in [-0.2, 0) is 39.1 Å². The second kappa shape index (κ2) is 13.7. The maximum absolute atomic E-state index is 16.0. The van der Waals surface area contributed by atoms with Gasteiger partial charge in [0.05, 0.1) is 17.0 Å². The maximum atomic E-state index is 16.0.